The van der Waals surface area contributed by atoms with Crippen molar-refractivity contribution in [2.75, 3.05) is 18.0 Å². The lowest BCUT2D eigenvalue weighted by molar-refractivity contribution is 0.145. The average Bonchev–Trinajstić information content (AvgIpc) is 2.91. The SMILES string of the molecule is CC(C)(C)[Si](C)(C)O[C@@H]1C[C@H]2C[C@@H]1CN(c1nc(Cl)nc3c(F)c(Br)c(F)cc13)C2. The lowest BCUT2D eigenvalue weighted by Gasteiger charge is -2.40. The molecule has 2 heterocycles. The summed E-state index contributed by atoms with van der Waals surface area (Å²) < 4.78 is 35.4. The van der Waals surface area contributed by atoms with E-state index in [9.17, 15) is 8.78 Å². The molecular formula is C21H27BrClF2N3OSi. The van der Waals surface area contributed by atoms with Crippen LogP contribution in [0, 0.1) is 23.5 Å². The Balaban J connectivity index is 1.66. The monoisotopic (exact) mass is 517 g/mol. The fourth-order valence-electron chi connectivity index (χ4n) is 4.45. The number of halogens is 4. The number of fused-ring (bicyclic) bond motifs is 3. The Kier molecular flexibility index (Phi) is 5.69. The minimum Gasteiger partial charge on any atom is -0.414 e. The molecule has 4 nitrogen and oxygen atoms in total. The first-order valence-corrected chi connectivity index (χ1v) is 14.4. The Morgan fingerprint density at radius 2 is 1.90 bits per heavy atom. The lowest BCUT2D eigenvalue weighted by atomic mass is 9.98. The largest absolute Gasteiger partial charge is 0.414 e. The minimum atomic E-state index is -1.87. The van der Waals surface area contributed by atoms with Crippen LogP contribution >= 0.6 is 27.5 Å². The fourth-order valence-corrected chi connectivity index (χ4v) is 6.32. The van der Waals surface area contributed by atoms with Crippen LogP contribution in [0.4, 0.5) is 14.6 Å². The van der Waals surface area contributed by atoms with Crippen LogP contribution < -0.4 is 4.90 Å². The van der Waals surface area contributed by atoms with Crippen molar-refractivity contribution >= 4 is 52.6 Å². The van der Waals surface area contributed by atoms with Gasteiger partial charge in [-0.25, -0.2) is 13.8 Å². The first kappa shape index (κ1) is 22.4. The Bertz CT molecular complexity index is 1000. The van der Waals surface area contributed by atoms with E-state index in [2.05, 4.69) is 64.7 Å². The Morgan fingerprint density at radius 1 is 1.20 bits per heavy atom. The van der Waals surface area contributed by atoms with Gasteiger partial charge in [0, 0.05) is 30.5 Å². The number of hydrogen-bond donors (Lipinski definition) is 0. The summed E-state index contributed by atoms with van der Waals surface area (Å²) >= 11 is 9.06. The molecule has 4 rings (SSSR count). The smallest absolute Gasteiger partial charge is 0.225 e. The molecule has 2 fully saturated rings. The molecule has 1 aliphatic heterocycles. The van der Waals surface area contributed by atoms with E-state index < -0.39 is 20.0 Å². The lowest BCUT2D eigenvalue weighted by Crippen LogP contribution is -2.46. The van der Waals surface area contributed by atoms with Crippen molar-refractivity contribution in [3.8, 4) is 0 Å². The molecule has 0 amide bonds. The molecule has 2 aromatic rings. The van der Waals surface area contributed by atoms with E-state index in [1.165, 1.54) is 6.07 Å². The highest BCUT2D eigenvalue weighted by Gasteiger charge is 2.46. The molecule has 2 aliphatic rings. The van der Waals surface area contributed by atoms with Gasteiger partial charge < -0.3 is 9.33 Å². The number of piperidine rings is 1. The molecule has 9 heteroatoms. The quantitative estimate of drug-likeness (QED) is 0.262. The van der Waals surface area contributed by atoms with Gasteiger partial charge in [-0.05, 0) is 70.5 Å². The predicted molar refractivity (Wildman–Crippen MR) is 123 cm³/mol. The zero-order chi connectivity index (χ0) is 22.0. The Hall–Kier alpha value is -0.833. The summed E-state index contributed by atoms with van der Waals surface area (Å²) in [6, 6.07) is 1.29. The van der Waals surface area contributed by atoms with Crippen LogP contribution in [0.25, 0.3) is 10.9 Å². The van der Waals surface area contributed by atoms with E-state index in [0.717, 1.165) is 25.9 Å². The highest BCUT2D eigenvalue weighted by Crippen LogP contribution is 2.45. The van der Waals surface area contributed by atoms with Crippen molar-refractivity contribution in [2.24, 2.45) is 11.8 Å². The number of anilines is 1. The van der Waals surface area contributed by atoms with E-state index >= 15 is 0 Å². The van der Waals surface area contributed by atoms with Crippen LogP contribution in [-0.4, -0.2) is 37.5 Å². The van der Waals surface area contributed by atoms with Crippen LogP contribution in [-0.2, 0) is 4.43 Å². The van der Waals surface area contributed by atoms with Gasteiger partial charge in [-0.3, -0.25) is 0 Å². The second kappa shape index (κ2) is 7.64. The molecule has 0 N–H and O–H groups in total. The third kappa shape index (κ3) is 3.89. The van der Waals surface area contributed by atoms with E-state index in [1.807, 2.05) is 0 Å². The van der Waals surface area contributed by atoms with Gasteiger partial charge in [0.1, 0.15) is 17.2 Å². The third-order valence-corrected chi connectivity index (χ3v) is 12.4. The van der Waals surface area contributed by atoms with Crippen molar-refractivity contribution < 1.29 is 13.2 Å². The maximum atomic E-state index is 14.6. The second-order valence-corrected chi connectivity index (χ2v) is 16.0. The molecule has 0 unspecified atom stereocenters. The Labute approximate surface area is 190 Å². The van der Waals surface area contributed by atoms with E-state index in [4.69, 9.17) is 16.0 Å². The molecule has 0 radical (unpaired) electrons. The number of rotatable bonds is 3. The van der Waals surface area contributed by atoms with Crippen molar-refractivity contribution in [3.63, 3.8) is 0 Å². The van der Waals surface area contributed by atoms with Crippen molar-refractivity contribution in [2.45, 2.75) is 57.8 Å². The van der Waals surface area contributed by atoms with E-state index in [-0.39, 0.29) is 26.4 Å². The predicted octanol–water partition coefficient (Wildman–Crippen LogP) is 6.56. The first-order valence-electron chi connectivity index (χ1n) is 10.3. The molecular weight excluding hydrogens is 492 g/mol. The van der Waals surface area contributed by atoms with E-state index in [1.54, 1.807) is 0 Å². The minimum absolute atomic E-state index is 0.0327. The summed E-state index contributed by atoms with van der Waals surface area (Å²) in [7, 11) is -1.87. The highest BCUT2D eigenvalue weighted by atomic mass is 79.9. The molecule has 1 aromatic heterocycles. The molecule has 0 spiro atoms. The number of benzene rings is 1. The molecule has 1 saturated carbocycles. The number of nitrogens with zero attached hydrogens (tertiary/aromatic N) is 3. The number of hydrogen-bond acceptors (Lipinski definition) is 4. The zero-order valence-electron chi connectivity index (χ0n) is 17.9. The van der Waals surface area contributed by atoms with Crippen molar-refractivity contribution in [3.05, 3.63) is 27.5 Å². The Morgan fingerprint density at radius 3 is 2.57 bits per heavy atom. The van der Waals surface area contributed by atoms with Gasteiger partial charge in [-0.2, -0.15) is 4.98 Å². The second-order valence-electron chi connectivity index (χ2n) is 10.1. The van der Waals surface area contributed by atoms with Crippen LogP contribution in [0.2, 0.25) is 23.4 Å². The maximum Gasteiger partial charge on any atom is 0.225 e. The fraction of sp³-hybridized carbons (Fsp3) is 0.619. The summed E-state index contributed by atoms with van der Waals surface area (Å²) in [5.41, 5.74) is 0.0327. The molecule has 164 valence electrons. The molecule has 30 heavy (non-hydrogen) atoms. The zero-order valence-corrected chi connectivity index (χ0v) is 21.2. The van der Waals surface area contributed by atoms with Gasteiger partial charge in [0.05, 0.1) is 4.47 Å². The molecule has 1 aromatic carbocycles. The third-order valence-electron chi connectivity index (χ3n) is 6.99. The molecule has 1 saturated heterocycles. The summed E-state index contributed by atoms with van der Waals surface area (Å²) in [6.45, 7) is 12.8. The van der Waals surface area contributed by atoms with E-state index in [0.29, 0.717) is 23.0 Å². The maximum absolute atomic E-state index is 14.6. The summed E-state index contributed by atoms with van der Waals surface area (Å²) in [6.07, 6.45) is 2.34. The first-order chi connectivity index (χ1) is 13.9. The average molecular weight is 519 g/mol. The van der Waals surface area contributed by atoms with Gasteiger partial charge >= 0.3 is 0 Å². The summed E-state index contributed by atoms with van der Waals surface area (Å²) in [5.74, 6) is -0.0989. The van der Waals surface area contributed by atoms with Gasteiger partial charge in [0.15, 0.2) is 14.1 Å². The van der Waals surface area contributed by atoms with Gasteiger partial charge in [0.25, 0.3) is 0 Å². The molecule has 2 bridgehead atoms. The van der Waals surface area contributed by atoms with Gasteiger partial charge in [0.2, 0.25) is 5.28 Å². The summed E-state index contributed by atoms with van der Waals surface area (Å²) in [4.78, 5) is 10.5. The van der Waals surface area contributed by atoms with Crippen LogP contribution in [0.3, 0.4) is 0 Å². The van der Waals surface area contributed by atoms with Crippen LogP contribution in [0.5, 0.6) is 0 Å². The van der Waals surface area contributed by atoms with Crippen molar-refractivity contribution in [1.29, 1.82) is 0 Å². The van der Waals surface area contributed by atoms with Crippen molar-refractivity contribution in [1.82, 2.24) is 9.97 Å². The van der Waals surface area contributed by atoms with Crippen LogP contribution in [0.1, 0.15) is 33.6 Å². The molecule has 1 aliphatic carbocycles. The van der Waals surface area contributed by atoms with Gasteiger partial charge in [-0.15, -0.1) is 0 Å². The van der Waals surface area contributed by atoms with Gasteiger partial charge in [-0.1, -0.05) is 20.8 Å². The normalized spacial score (nSPS) is 24.7. The highest BCUT2D eigenvalue weighted by molar-refractivity contribution is 9.10. The summed E-state index contributed by atoms with van der Waals surface area (Å²) in [5, 5.41) is 0.463. The standard InChI is InChI=1S/C21H27BrClF2N3OSi/c1-21(2,3)30(4,5)29-15-7-11-6-12(15)10-28(9-11)19-13-8-14(24)16(22)17(25)18(13)26-20(23)27-19/h8,11-12,15H,6-7,9-10H2,1-5H3/t11-,12-,15-/m1/s1. The van der Waals surface area contributed by atoms with Crippen LogP contribution in [0.15, 0.2) is 10.5 Å². The topological polar surface area (TPSA) is 38.2 Å². The molecule has 3 atom stereocenters. The number of aromatic nitrogens is 2.